The summed E-state index contributed by atoms with van der Waals surface area (Å²) in [5, 5.41) is 0. The molecule has 0 aliphatic carbocycles. The molecule has 0 saturated heterocycles. The van der Waals surface area contributed by atoms with Crippen molar-refractivity contribution in [3.8, 4) is 0 Å². The Hall–Kier alpha value is -1.77. The van der Waals surface area contributed by atoms with Crippen molar-refractivity contribution in [2.75, 3.05) is 19.7 Å². The molecule has 18 heavy (non-hydrogen) atoms. The van der Waals surface area contributed by atoms with Crippen LogP contribution in [0.4, 0.5) is 0 Å². The largest absolute Gasteiger partial charge is 0.461 e. The number of ether oxygens (including phenoxy) is 1. The number of benzene rings is 1. The lowest BCUT2D eigenvalue weighted by Crippen LogP contribution is -2.28. The smallest absolute Gasteiger partial charge is 0.354 e. The first-order valence-electron chi connectivity index (χ1n) is 6.41. The molecule has 0 aromatic heterocycles. The van der Waals surface area contributed by atoms with Crippen molar-refractivity contribution in [3.63, 3.8) is 0 Å². The van der Waals surface area contributed by atoms with Gasteiger partial charge in [0, 0.05) is 13.1 Å². The summed E-state index contributed by atoms with van der Waals surface area (Å²) in [4.78, 5) is 14.0. The quantitative estimate of drug-likeness (QED) is 0.572. The maximum absolute atomic E-state index is 12.0. The molecule has 1 aromatic carbocycles. The van der Waals surface area contributed by atoms with Gasteiger partial charge in [0.2, 0.25) is 0 Å². The lowest BCUT2D eigenvalue weighted by molar-refractivity contribution is -0.140. The summed E-state index contributed by atoms with van der Waals surface area (Å²) in [7, 11) is 0. The Morgan fingerprint density at radius 3 is 2.28 bits per heavy atom. The Labute approximate surface area is 109 Å². The predicted octanol–water partition coefficient (Wildman–Crippen LogP) is 2.93. The molecule has 0 aliphatic heterocycles. The van der Waals surface area contributed by atoms with Gasteiger partial charge in [-0.2, -0.15) is 0 Å². The Bertz CT molecular complexity index is 394. The van der Waals surface area contributed by atoms with E-state index in [0.29, 0.717) is 12.3 Å². The molecule has 0 unspecified atom stereocenters. The van der Waals surface area contributed by atoms with Gasteiger partial charge in [-0.15, -0.1) is 0 Å². The highest BCUT2D eigenvalue weighted by molar-refractivity contribution is 5.93. The van der Waals surface area contributed by atoms with Crippen molar-refractivity contribution < 1.29 is 9.53 Å². The lowest BCUT2D eigenvalue weighted by Gasteiger charge is -2.22. The average Bonchev–Trinajstić information content (AvgIpc) is 2.40. The van der Waals surface area contributed by atoms with Gasteiger partial charge < -0.3 is 9.64 Å². The molecule has 1 aromatic rings. The molecule has 98 valence electrons. The zero-order chi connectivity index (χ0) is 13.4. The highest BCUT2D eigenvalue weighted by atomic mass is 16.5. The molecule has 0 heterocycles. The fraction of sp³-hybridized carbons (Fsp3) is 0.400. The van der Waals surface area contributed by atoms with Gasteiger partial charge in [0.1, 0.15) is 5.70 Å². The second-order valence-corrected chi connectivity index (χ2v) is 3.83. The van der Waals surface area contributed by atoms with Gasteiger partial charge in [0.05, 0.1) is 6.61 Å². The average molecular weight is 247 g/mol. The second kappa shape index (κ2) is 7.54. The van der Waals surface area contributed by atoms with Crippen LogP contribution in [0, 0.1) is 0 Å². The Kier molecular flexibility index (Phi) is 5.98. The first-order valence-corrected chi connectivity index (χ1v) is 6.41. The van der Waals surface area contributed by atoms with Crippen LogP contribution in [-0.4, -0.2) is 30.6 Å². The number of hydrogen-bond donors (Lipinski definition) is 0. The molecule has 1 rings (SSSR count). The molecule has 3 nitrogen and oxygen atoms in total. The summed E-state index contributed by atoms with van der Waals surface area (Å²) in [6.45, 7) is 7.84. The summed E-state index contributed by atoms with van der Waals surface area (Å²) in [6.07, 6.45) is 1.88. The predicted molar refractivity (Wildman–Crippen MR) is 74.0 cm³/mol. The van der Waals surface area contributed by atoms with Gasteiger partial charge in [0.15, 0.2) is 0 Å². The number of likely N-dealkylation sites (N-methyl/N-ethyl adjacent to an activating group) is 1. The zero-order valence-corrected chi connectivity index (χ0v) is 11.3. The van der Waals surface area contributed by atoms with Crippen molar-refractivity contribution >= 4 is 12.0 Å². The minimum absolute atomic E-state index is 0.259. The third kappa shape index (κ3) is 3.91. The fourth-order valence-electron chi connectivity index (χ4n) is 1.76. The van der Waals surface area contributed by atoms with E-state index in [-0.39, 0.29) is 5.97 Å². The van der Waals surface area contributed by atoms with Crippen molar-refractivity contribution in [1.29, 1.82) is 0 Å². The standard InChI is InChI=1S/C15H21NO2/c1-4-16(5-2)14(15(17)18-6-3)12-13-10-8-7-9-11-13/h7-12H,4-6H2,1-3H3. The van der Waals surface area contributed by atoms with Crippen molar-refractivity contribution in [3.05, 3.63) is 41.6 Å². The van der Waals surface area contributed by atoms with E-state index in [2.05, 4.69) is 0 Å². The molecule has 0 spiro atoms. The van der Waals surface area contributed by atoms with Crippen LogP contribution >= 0.6 is 0 Å². The van der Waals surface area contributed by atoms with E-state index in [9.17, 15) is 4.79 Å². The van der Waals surface area contributed by atoms with E-state index < -0.39 is 0 Å². The molecule has 0 amide bonds. The number of carbonyl (C=O) groups is 1. The number of esters is 1. The third-order valence-electron chi connectivity index (χ3n) is 2.69. The van der Waals surface area contributed by atoms with Crippen LogP contribution < -0.4 is 0 Å². The normalized spacial score (nSPS) is 11.2. The molecule has 0 fully saturated rings. The van der Waals surface area contributed by atoms with E-state index in [1.54, 1.807) is 0 Å². The molecule has 0 N–H and O–H groups in total. The van der Waals surface area contributed by atoms with Crippen LogP contribution in [0.3, 0.4) is 0 Å². The summed E-state index contributed by atoms with van der Waals surface area (Å²) < 4.78 is 5.11. The number of rotatable bonds is 6. The Balaban J connectivity index is 3.03. The van der Waals surface area contributed by atoms with Crippen molar-refractivity contribution in [2.45, 2.75) is 20.8 Å². The maximum Gasteiger partial charge on any atom is 0.354 e. The highest BCUT2D eigenvalue weighted by Crippen LogP contribution is 2.12. The molecule has 0 aliphatic rings. The lowest BCUT2D eigenvalue weighted by atomic mass is 10.2. The van der Waals surface area contributed by atoms with Gasteiger partial charge in [-0.1, -0.05) is 30.3 Å². The molecule has 0 radical (unpaired) electrons. The van der Waals surface area contributed by atoms with Gasteiger partial charge >= 0.3 is 5.97 Å². The van der Waals surface area contributed by atoms with Crippen molar-refractivity contribution in [2.24, 2.45) is 0 Å². The molecular weight excluding hydrogens is 226 g/mol. The minimum atomic E-state index is -0.259. The Morgan fingerprint density at radius 1 is 1.17 bits per heavy atom. The molecule has 0 bridgehead atoms. The third-order valence-corrected chi connectivity index (χ3v) is 2.69. The topological polar surface area (TPSA) is 29.5 Å². The van der Waals surface area contributed by atoms with Gasteiger partial charge in [-0.3, -0.25) is 0 Å². The van der Waals surface area contributed by atoms with E-state index in [0.717, 1.165) is 18.7 Å². The van der Waals surface area contributed by atoms with Gasteiger partial charge in [0.25, 0.3) is 0 Å². The fourth-order valence-corrected chi connectivity index (χ4v) is 1.76. The first-order chi connectivity index (χ1) is 8.72. The first kappa shape index (κ1) is 14.3. The van der Waals surface area contributed by atoms with Crippen LogP contribution in [0.25, 0.3) is 6.08 Å². The van der Waals surface area contributed by atoms with E-state index in [1.165, 1.54) is 0 Å². The van der Waals surface area contributed by atoms with E-state index >= 15 is 0 Å². The van der Waals surface area contributed by atoms with Crippen LogP contribution in [0.2, 0.25) is 0 Å². The number of hydrogen-bond acceptors (Lipinski definition) is 3. The van der Waals surface area contributed by atoms with Crippen LogP contribution in [0.15, 0.2) is 36.0 Å². The summed E-state index contributed by atoms with van der Waals surface area (Å²) >= 11 is 0. The molecule has 0 atom stereocenters. The molecule has 3 heteroatoms. The maximum atomic E-state index is 12.0. The monoisotopic (exact) mass is 247 g/mol. The SMILES string of the molecule is CCOC(=O)C(=Cc1ccccc1)N(CC)CC. The number of carbonyl (C=O) groups excluding carboxylic acids is 1. The van der Waals surface area contributed by atoms with E-state index in [1.807, 2.05) is 62.1 Å². The summed E-state index contributed by atoms with van der Waals surface area (Å²) in [5.74, 6) is -0.259. The van der Waals surface area contributed by atoms with E-state index in [4.69, 9.17) is 4.74 Å². The van der Waals surface area contributed by atoms with Crippen LogP contribution in [0.5, 0.6) is 0 Å². The minimum Gasteiger partial charge on any atom is -0.461 e. The molecular formula is C15H21NO2. The van der Waals surface area contributed by atoms with Gasteiger partial charge in [-0.25, -0.2) is 4.79 Å². The van der Waals surface area contributed by atoms with Gasteiger partial charge in [-0.05, 0) is 32.4 Å². The Morgan fingerprint density at radius 2 is 1.78 bits per heavy atom. The van der Waals surface area contributed by atoms with Crippen LogP contribution in [0.1, 0.15) is 26.3 Å². The highest BCUT2D eigenvalue weighted by Gasteiger charge is 2.16. The second-order valence-electron chi connectivity index (χ2n) is 3.83. The summed E-state index contributed by atoms with van der Waals surface area (Å²) in [5.41, 5.74) is 1.63. The number of nitrogens with zero attached hydrogens (tertiary/aromatic N) is 1. The summed E-state index contributed by atoms with van der Waals surface area (Å²) in [6, 6.07) is 9.82. The van der Waals surface area contributed by atoms with Crippen LogP contribution in [-0.2, 0) is 9.53 Å². The van der Waals surface area contributed by atoms with Crippen molar-refractivity contribution in [1.82, 2.24) is 4.90 Å². The molecule has 0 saturated carbocycles. The zero-order valence-electron chi connectivity index (χ0n) is 11.3.